The first kappa shape index (κ1) is 17.3. The number of nitrogens with one attached hydrogen (secondary N) is 1. The Morgan fingerprint density at radius 3 is 2.45 bits per heavy atom. The molecule has 3 N–H and O–H groups in total. The Morgan fingerprint density at radius 1 is 1.30 bits per heavy atom. The Hall–Kier alpha value is -0.780. The molecule has 4 heteroatoms. The summed E-state index contributed by atoms with van der Waals surface area (Å²) in [5.74, 6) is 1.26. The van der Waals surface area contributed by atoms with Crippen LogP contribution in [0.4, 0.5) is 5.69 Å². The summed E-state index contributed by atoms with van der Waals surface area (Å²) in [7, 11) is 0. The molecule has 0 heterocycles. The molecule has 1 aliphatic rings. The third kappa shape index (κ3) is 4.96. The van der Waals surface area contributed by atoms with Gasteiger partial charge in [-0.15, -0.1) is 24.0 Å². The van der Waals surface area contributed by atoms with Crippen LogP contribution in [-0.2, 0) is 0 Å². The topological polar surface area (TPSA) is 50.4 Å². The van der Waals surface area contributed by atoms with E-state index < -0.39 is 0 Å². The van der Waals surface area contributed by atoms with Gasteiger partial charge in [0.15, 0.2) is 5.96 Å². The van der Waals surface area contributed by atoms with Crippen LogP contribution in [0.2, 0.25) is 0 Å². The molecule has 1 saturated carbocycles. The van der Waals surface area contributed by atoms with E-state index >= 15 is 0 Å². The number of halogens is 1. The molecule has 1 aliphatic carbocycles. The molecule has 0 atom stereocenters. The Morgan fingerprint density at radius 2 is 1.95 bits per heavy atom. The number of nitrogens with zero attached hydrogens (tertiary/aromatic N) is 1. The van der Waals surface area contributed by atoms with Crippen LogP contribution in [0.3, 0.4) is 0 Å². The highest BCUT2D eigenvalue weighted by atomic mass is 127. The third-order valence-electron chi connectivity index (χ3n) is 3.89. The zero-order chi connectivity index (χ0) is 13.7. The van der Waals surface area contributed by atoms with Crippen LogP contribution in [0.1, 0.15) is 39.5 Å². The zero-order valence-electron chi connectivity index (χ0n) is 12.4. The molecule has 0 aromatic heterocycles. The number of hydrogen-bond donors (Lipinski definition) is 2. The highest BCUT2D eigenvalue weighted by Crippen LogP contribution is 2.46. The molecular formula is C16H26IN3. The number of hydrogen-bond acceptors (Lipinski definition) is 1. The number of guanidine groups is 1. The van der Waals surface area contributed by atoms with Crippen molar-refractivity contribution in [2.75, 3.05) is 11.9 Å². The van der Waals surface area contributed by atoms with E-state index in [1.165, 1.54) is 25.7 Å². The summed E-state index contributed by atoms with van der Waals surface area (Å²) in [6, 6.07) is 9.96. The fourth-order valence-electron chi connectivity index (χ4n) is 2.93. The largest absolute Gasteiger partial charge is 0.370 e. The molecule has 3 nitrogen and oxygen atoms in total. The second-order valence-corrected chi connectivity index (χ2v) is 6.14. The first-order valence-electron chi connectivity index (χ1n) is 7.22. The SMILES string of the molecule is CC(C)CC1(CN=C(N)Nc2ccccc2)CCC1.I. The molecule has 1 fully saturated rings. The van der Waals surface area contributed by atoms with Crippen LogP contribution in [0.25, 0.3) is 0 Å². The molecule has 0 radical (unpaired) electrons. The van der Waals surface area contributed by atoms with Crippen molar-refractivity contribution < 1.29 is 0 Å². The maximum atomic E-state index is 5.96. The Kier molecular flexibility index (Phi) is 6.79. The summed E-state index contributed by atoms with van der Waals surface area (Å²) in [5.41, 5.74) is 7.37. The van der Waals surface area contributed by atoms with Crippen molar-refractivity contribution in [3.05, 3.63) is 30.3 Å². The predicted octanol–water partition coefficient (Wildman–Crippen LogP) is 4.25. The number of aliphatic imine (C=N–C) groups is 1. The second kappa shape index (κ2) is 7.86. The summed E-state index contributed by atoms with van der Waals surface area (Å²) in [6.07, 6.45) is 5.20. The first-order chi connectivity index (χ1) is 9.10. The van der Waals surface area contributed by atoms with Gasteiger partial charge in [-0.25, -0.2) is 0 Å². The fraction of sp³-hybridized carbons (Fsp3) is 0.562. The van der Waals surface area contributed by atoms with E-state index in [0.29, 0.717) is 11.4 Å². The highest BCUT2D eigenvalue weighted by Gasteiger charge is 2.37. The minimum absolute atomic E-state index is 0. The summed E-state index contributed by atoms with van der Waals surface area (Å²) < 4.78 is 0. The standard InChI is InChI=1S/C16H25N3.HI/c1-13(2)11-16(9-6-10-16)12-18-15(17)19-14-7-4-3-5-8-14;/h3-5,7-8,13H,6,9-12H2,1-2H3,(H3,17,18,19);1H. The molecule has 20 heavy (non-hydrogen) atoms. The van der Waals surface area contributed by atoms with E-state index in [1.807, 2.05) is 30.3 Å². The van der Waals surface area contributed by atoms with Crippen molar-refractivity contribution in [2.24, 2.45) is 22.1 Å². The third-order valence-corrected chi connectivity index (χ3v) is 3.89. The lowest BCUT2D eigenvalue weighted by molar-refractivity contribution is 0.112. The number of nitrogens with two attached hydrogens (primary N) is 1. The molecule has 0 spiro atoms. The van der Waals surface area contributed by atoms with Crippen molar-refractivity contribution in [3.8, 4) is 0 Å². The molecule has 0 saturated heterocycles. The number of para-hydroxylation sites is 1. The number of rotatable bonds is 5. The number of benzene rings is 1. The van der Waals surface area contributed by atoms with Gasteiger partial charge in [-0.1, -0.05) is 38.5 Å². The Labute approximate surface area is 139 Å². The second-order valence-electron chi connectivity index (χ2n) is 6.14. The van der Waals surface area contributed by atoms with Crippen LogP contribution in [0, 0.1) is 11.3 Å². The van der Waals surface area contributed by atoms with E-state index in [4.69, 9.17) is 5.73 Å². The van der Waals surface area contributed by atoms with Gasteiger partial charge in [0.25, 0.3) is 0 Å². The lowest BCUT2D eigenvalue weighted by atomic mass is 9.64. The van der Waals surface area contributed by atoms with E-state index in [0.717, 1.165) is 18.2 Å². The monoisotopic (exact) mass is 387 g/mol. The maximum absolute atomic E-state index is 5.96. The van der Waals surface area contributed by atoms with E-state index in [2.05, 4.69) is 24.2 Å². The molecule has 0 bridgehead atoms. The minimum Gasteiger partial charge on any atom is -0.370 e. The Balaban J connectivity index is 0.00000200. The van der Waals surface area contributed by atoms with Crippen molar-refractivity contribution in [1.29, 1.82) is 0 Å². The van der Waals surface area contributed by atoms with Crippen LogP contribution in [-0.4, -0.2) is 12.5 Å². The molecule has 1 aromatic rings. The van der Waals surface area contributed by atoms with Crippen molar-refractivity contribution in [2.45, 2.75) is 39.5 Å². The van der Waals surface area contributed by atoms with Gasteiger partial charge in [-0.05, 0) is 42.7 Å². The van der Waals surface area contributed by atoms with E-state index in [9.17, 15) is 0 Å². The highest BCUT2D eigenvalue weighted by molar-refractivity contribution is 14.0. The summed E-state index contributed by atoms with van der Waals surface area (Å²) >= 11 is 0. The molecular weight excluding hydrogens is 361 g/mol. The van der Waals surface area contributed by atoms with Gasteiger partial charge >= 0.3 is 0 Å². The molecule has 0 unspecified atom stereocenters. The number of anilines is 1. The van der Waals surface area contributed by atoms with Crippen LogP contribution >= 0.6 is 24.0 Å². The van der Waals surface area contributed by atoms with E-state index in [-0.39, 0.29) is 24.0 Å². The summed E-state index contributed by atoms with van der Waals surface area (Å²) in [4.78, 5) is 4.55. The van der Waals surface area contributed by atoms with Gasteiger partial charge < -0.3 is 11.1 Å². The molecule has 0 amide bonds. The lowest BCUT2D eigenvalue weighted by Crippen LogP contribution is -2.35. The Bertz CT molecular complexity index is 425. The predicted molar refractivity (Wildman–Crippen MR) is 97.7 cm³/mol. The molecule has 0 aliphatic heterocycles. The van der Waals surface area contributed by atoms with Crippen LogP contribution < -0.4 is 11.1 Å². The van der Waals surface area contributed by atoms with Crippen molar-refractivity contribution in [3.63, 3.8) is 0 Å². The first-order valence-corrected chi connectivity index (χ1v) is 7.22. The average Bonchev–Trinajstić information content (AvgIpc) is 2.33. The average molecular weight is 387 g/mol. The smallest absolute Gasteiger partial charge is 0.193 e. The summed E-state index contributed by atoms with van der Waals surface area (Å²) in [6.45, 7) is 5.43. The van der Waals surface area contributed by atoms with Gasteiger partial charge in [-0.3, -0.25) is 4.99 Å². The molecule has 112 valence electrons. The van der Waals surface area contributed by atoms with Crippen LogP contribution in [0.15, 0.2) is 35.3 Å². The van der Waals surface area contributed by atoms with Gasteiger partial charge in [-0.2, -0.15) is 0 Å². The fourth-order valence-corrected chi connectivity index (χ4v) is 2.93. The van der Waals surface area contributed by atoms with Crippen molar-refractivity contribution in [1.82, 2.24) is 0 Å². The normalized spacial score (nSPS) is 17.2. The zero-order valence-corrected chi connectivity index (χ0v) is 14.8. The quantitative estimate of drug-likeness (QED) is 0.451. The van der Waals surface area contributed by atoms with Gasteiger partial charge in [0.1, 0.15) is 0 Å². The lowest BCUT2D eigenvalue weighted by Gasteiger charge is -2.42. The molecule has 2 rings (SSSR count). The maximum Gasteiger partial charge on any atom is 0.193 e. The van der Waals surface area contributed by atoms with Gasteiger partial charge in [0.05, 0.1) is 0 Å². The van der Waals surface area contributed by atoms with Crippen molar-refractivity contribution >= 4 is 35.6 Å². The van der Waals surface area contributed by atoms with Gasteiger partial charge in [0, 0.05) is 12.2 Å². The van der Waals surface area contributed by atoms with Crippen LogP contribution in [0.5, 0.6) is 0 Å². The summed E-state index contributed by atoms with van der Waals surface area (Å²) in [5, 5.41) is 3.14. The van der Waals surface area contributed by atoms with Gasteiger partial charge in [0.2, 0.25) is 0 Å². The molecule has 1 aromatic carbocycles. The van der Waals surface area contributed by atoms with E-state index in [1.54, 1.807) is 0 Å². The minimum atomic E-state index is 0.